The molecule has 2 aromatic rings. The number of hydrogen-bond donors (Lipinski definition) is 2. The number of rotatable bonds is 5. The molecule has 0 aliphatic rings. The van der Waals surface area contributed by atoms with E-state index in [1.54, 1.807) is 0 Å². The first-order chi connectivity index (χ1) is 8.81. The summed E-state index contributed by atoms with van der Waals surface area (Å²) in [7, 11) is 1.84. The largest absolute Gasteiger partial charge is 0.373 e. The Labute approximate surface area is 111 Å². The Kier molecular flexibility index (Phi) is 4.41. The summed E-state index contributed by atoms with van der Waals surface area (Å²) >= 11 is 1.83. The van der Waals surface area contributed by atoms with Gasteiger partial charge in [-0.05, 0) is 30.0 Å². The van der Waals surface area contributed by atoms with E-state index >= 15 is 0 Å². The van der Waals surface area contributed by atoms with Crippen LogP contribution in [-0.2, 0) is 0 Å². The van der Waals surface area contributed by atoms with Crippen LogP contribution in [0.3, 0.4) is 0 Å². The Hall–Kier alpha value is -1.75. The van der Waals surface area contributed by atoms with Gasteiger partial charge in [0.25, 0.3) is 0 Å². The van der Waals surface area contributed by atoms with E-state index in [1.807, 2.05) is 24.9 Å². The van der Waals surface area contributed by atoms with Crippen LogP contribution in [0.5, 0.6) is 0 Å². The minimum atomic E-state index is 0.783. The van der Waals surface area contributed by atoms with Crippen LogP contribution < -0.4 is 10.6 Å². The lowest BCUT2D eigenvalue weighted by Gasteiger charge is -2.07. The molecule has 0 unspecified atom stereocenters. The number of thioether (sulfide) groups is 1. The van der Waals surface area contributed by atoms with Gasteiger partial charge in [-0.2, -0.15) is 0 Å². The maximum Gasteiger partial charge on any atom is 0.135 e. The van der Waals surface area contributed by atoms with Crippen molar-refractivity contribution in [2.75, 3.05) is 23.4 Å². The highest BCUT2D eigenvalue weighted by Gasteiger charge is 1.98. The molecule has 0 spiro atoms. The van der Waals surface area contributed by atoms with Gasteiger partial charge in [0.2, 0.25) is 0 Å². The predicted octanol–water partition coefficient (Wildman–Crippen LogP) is 3.37. The first kappa shape index (κ1) is 12.7. The number of hydrogen-bond acceptors (Lipinski definition) is 5. The minimum absolute atomic E-state index is 0.783. The normalized spacial score (nSPS) is 10.1. The Morgan fingerprint density at radius 1 is 1.11 bits per heavy atom. The van der Waals surface area contributed by atoms with Crippen molar-refractivity contribution in [3.05, 3.63) is 36.7 Å². The van der Waals surface area contributed by atoms with Crippen molar-refractivity contribution in [2.45, 2.75) is 11.8 Å². The van der Waals surface area contributed by atoms with Crippen molar-refractivity contribution in [1.29, 1.82) is 0 Å². The summed E-state index contributed by atoms with van der Waals surface area (Å²) in [5.74, 6) is 2.67. The van der Waals surface area contributed by atoms with Crippen molar-refractivity contribution in [3.8, 4) is 0 Å². The van der Waals surface area contributed by atoms with Gasteiger partial charge in [0, 0.05) is 23.7 Å². The van der Waals surface area contributed by atoms with E-state index in [-0.39, 0.29) is 0 Å². The fourth-order valence-electron chi connectivity index (χ4n) is 1.51. The number of benzene rings is 1. The quantitative estimate of drug-likeness (QED) is 0.807. The zero-order valence-corrected chi connectivity index (χ0v) is 11.3. The van der Waals surface area contributed by atoms with Crippen LogP contribution in [0.1, 0.15) is 6.92 Å². The highest BCUT2D eigenvalue weighted by molar-refractivity contribution is 7.99. The van der Waals surface area contributed by atoms with Crippen LogP contribution in [0.4, 0.5) is 17.3 Å². The maximum absolute atomic E-state index is 4.17. The second-order valence-electron chi connectivity index (χ2n) is 3.62. The third-order valence-electron chi connectivity index (χ3n) is 2.36. The van der Waals surface area contributed by atoms with Gasteiger partial charge < -0.3 is 10.6 Å². The lowest BCUT2D eigenvalue weighted by Crippen LogP contribution is -1.97. The third-order valence-corrected chi connectivity index (χ3v) is 3.26. The summed E-state index contributed by atoms with van der Waals surface area (Å²) in [6.45, 7) is 2.15. The van der Waals surface area contributed by atoms with Crippen LogP contribution >= 0.6 is 11.8 Å². The summed E-state index contributed by atoms with van der Waals surface area (Å²) in [5, 5.41) is 6.23. The second kappa shape index (κ2) is 6.26. The molecule has 1 heterocycles. The van der Waals surface area contributed by atoms with Crippen molar-refractivity contribution in [2.24, 2.45) is 0 Å². The third kappa shape index (κ3) is 3.37. The molecule has 1 aromatic heterocycles. The molecule has 94 valence electrons. The van der Waals surface area contributed by atoms with E-state index in [0.717, 1.165) is 23.1 Å². The van der Waals surface area contributed by atoms with Crippen LogP contribution in [-0.4, -0.2) is 22.8 Å². The van der Waals surface area contributed by atoms with Gasteiger partial charge in [0.15, 0.2) is 0 Å². The van der Waals surface area contributed by atoms with Gasteiger partial charge in [-0.25, -0.2) is 9.97 Å². The predicted molar refractivity (Wildman–Crippen MR) is 77.7 cm³/mol. The molecule has 2 rings (SSSR count). The van der Waals surface area contributed by atoms with Crippen LogP contribution in [0.2, 0.25) is 0 Å². The molecule has 0 saturated heterocycles. The van der Waals surface area contributed by atoms with Gasteiger partial charge in [-0.15, -0.1) is 11.8 Å². The van der Waals surface area contributed by atoms with Gasteiger partial charge in [-0.1, -0.05) is 6.92 Å². The van der Waals surface area contributed by atoms with E-state index in [4.69, 9.17) is 0 Å². The average Bonchev–Trinajstić information content (AvgIpc) is 2.42. The number of nitrogens with zero attached hydrogens (tertiary/aromatic N) is 2. The molecule has 0 bridgehead atoms. The summed E-state index contributed by atoms with van der Waals surface area (Å²) in [5.41, 5.74) is 1.02. The Balaban J connectivity index is 2.08. The standard InChI is InChI=1S/C13H16N4S/c1-3-18-11-6-4-10(5-7-11)17-13-8-12(14-2)15-9-16-13/h4-9H,3H2,1-2H3,(H2,14,15,16,17). The van der Waals surface area contributed by atoms with Gasteiger partial charge in [0.1, 0.15) is 18.0 Å². The smallest absolute Gasteiger partial charge is 0.135 e. The van der Waals surface area contributed by atoms with Crippen LogP contribution in [0, 0.1) is 0 Å². The average molecular weight is 260 g/mol. The molecule has 4 nitrogen and oxygen atoms in total. The first-order valence-corrected chi connectivity index (χ1v) is 6.80. The summed E-state index contributed by atoms with van der Waals surface area (Å²) < 4.78 is 0. The topological polar surface area (TPSA) is 49.8 Å². The highest BCUT2D eigenvalue weighted by atomic mass is 32.2. The maximum atomic E-state index is 4.17. The number of anilines is 3. The number of nitrogens with one attached hydrogen (secondary N) is 2. The Bertz CT molecular complexity index is 499. The van der Waals surface area contributed by atoms with E-state index in [2.05, 4.69) is 51.8 Å². The highest BCUT2D eigenvalue weighted by Crippen LogP contribution is 2.21. The second-order valence-corrected chi connectivity index (χ2v) is 4.96. The molecule has 18 heavy (non-hydrogen) atoms. The summed E-state index contributed by atoms with van der Waals surface area (Å²) in [6, 6.07) is 10.2. The molecule has 0 amide bonds. The molecular weight excluding hydrogens is 244 g/mol. The molecule has 5 heteroatoms. The van der Waals surface area contributed by atoms with Crippen LogP contribution in [0.15, 0.2) is 41.6 Å². The molecule has 0 aliphatic heterocycles. The van der Waals surface area contributed by atoms with Crippen molar-refractivity contribution in [3.63, 3.8) is 0 Å². The SMILES string of the molecule is CCSc1ccc(Nc2cc(NC)ncn2)cc1. The summed E-state index contributed by atoms with van der Waals surface area (Å²) in [6.07, 6.45) is 1.54. The number of aromatic nitrogens is 2. The first-order valence-electron chi connectivity index (χ1n) is 5.81. The molecule has 0 fully saturated rings. The molecule has 0 saturated carbocycles. The molecule has 1 aromatic carbocycles. The van der Waals surface area contributed by atoms with Crippen molar-refractivity contribution in [1.82, 2.24) is 9.97 Å². The van der Waals surface area contributed by atoms with E-state index < -0.39 is 0 Å². The lowest BCUT2D eigenvalue weighted by molar-refractivity contribution is 1.16. The summed E-state index contributed by atoms with van der Waals surface area (Å²) in [4.78, 5) is 9.53. The fourth-order valence-corrected chi connectivity index (χ4v) is 2.17. The van der Waals surface area contributed by atoms with Gasteiger partial charge in [-0.3, -0.25) is 0 Å². The Morgan fingerprint density at radius 2 is 1.83 bits per heavy atom. The van der Waals surface area contributed by atoms with Crippen molar-refractivity contribution < 1.29 is 0 Å². The zero-order chi connectivity index (χ0) is 12.8. The molecule has 2 N–H and O–H groups in total. The fraction of sp³-hybridized carbons (Fsp3) is 0.231. The molecular formula is C13H16N4S. The van der Waals surface area contributed by atoms with Crippen LogP contribution in [0.25, 0.3) is 0 Å². The lowest BCUT2D eigenvalue weighted by atomic mass is 10.3. The van der Waals surface area contributed by atoms with Crippen molar-refractivity contribution >= 4 is 29.1 Å². The van der Waals surface area contributed by atoms with E-state index in [1.165, 1.54) is 11.2 Å². The van der Waals surface area contributed by atoms with Gasteiger partial charge in [0.05, 0.1) is 0 Å². The molecule has 0 aliphatic carbocycles. The monoisotopic (exact) mass is 260 g/mol. The molecule has 0 radical (unpaired) electrons. The van der Waals surface area contributed by atoms with Gasteiger partial charge >= 0.3 is 0 Å². The zero-order valence-electron chi connectivity index (χ0n) is 10.5. The molecule has 0 atom stereocenters. The Morgan fingerprint density at radius 3 is 2.50 bits per heavy atom. The van der Waals surface area contributed by atoms with E-state index in [0.29, 0.717) is 0 Å². The van der Waals surface area contributed by atoms with E-state index in [9.17, 15) is 0 Å². The minimum Gasteiger partial charge on any atom is -0.373 e.